The second-order valence-corrected chi connectivity index (χ2v) is 6.15. The average molecular weight is 356 g/mol. The molecule has 0 aromatic heterocycles. The van der Waals surface area contributed by atoms with Gasteiger partial charge in [-0.25, -0.2) is 0 Å². The summed E-state index contributed by atoms with van der Waals surface area (Å²) in [6.07, 6.45) is 0. The minimum absolute atomic E-state index is 0.0752. The second kappa shape index (κ2) is 9.12. The van der Waals surface area contributed by atoms with E-state index in [0.29, 0.717) is 12.2 Å². The highest BCUT2D eigenvalue weighted by atomic mass is 16.5. The molecule has 2 aromatic carbocycles. The third kappa shape index (κ3) is 5.40. The van der Waals surface area contributed by atoms with Crippen molar-refractivity contribution in [3.05, 3.63) is 60.2 Å². The molecule has 6 heteroatoms. The molecule has 0 aliphatic heterocycles. The van der Waals surface area contributed by atoms with Crippen LogP contribution < -0.4 is 10.6 Å². The second-order valence-electron chi connectivity index (χ2n) is 6.15. The molecule has 6 nitrogen and oxygen atoms in total. The van der Waals surface area contributed by atoms with E-state index in [2.05, 4.69) is 10.6 Å². The molecule has 0 aliphatic carbocycles. The molecule has 0 radical (unpaired) electrons. The fourth-order valence-corrected chi connectivity index (χ4v) is 2.43. The normalized spacial score (nSPS) is 12.9. The molecule has 1 atom stereocenters. The maximum absolute atomic E-state index is 11.8. The molecule has 0 bridgehead atoms. The summed E-state index contributed by atoms with van der Waals surface area (Å²) in [5, 5.41) is 15.5. The fourth-order valence-electron chi connectivity index (χ4n) is 2.43. The molecule has 2 aromatic rings. The summed E-state index contributed by atoms with van der Waals surface area (Å²) in [6, 6.07) is 17.4. The standard InChI is InChI=1S/C20H24N2O4/c1-20(25,14-22-19(24)18(23)21-12-13-26-2)17-10-8-16(9-11-17)15-6-4-3-5-7-15/h3-11,25H,12-14H2,1-2H3,(H,21,23)(H,22,24). The van der Waals surface area contributed by atoms with Crippen molar-refractivity contribution in [1.29, 1.82) is 0 Å². The van der Waals surface area contributed by atoms with Gasteiger partial charge in [-0.15, -0.1) is 0 Å². The number of carbonyl (C=O) groups is 2. The van der Waals surface area contributed by atoms with Crippen LogP contribution in [0.1, 0.15) is 12.5 Å². The summed E-state index contributed by atoms with van der Waals surface area (Å²) in [5.74, 6) is -1.54. The van der Waals surface area contributed by atoms with Gasteiger partial charge in [-0.3, -0.25) is 9.59 Å². The van der Waals surface area contributed by atoms with Gasteiger partial charge in [0.1, 0.15) is 5.60 Å². The molecular weight excluding hydrogens is 332 g/mol. The van der Waals surface area contributed by atoms with Gasteiger partial charge in [0.05, 0.1) is 13.2 Å². The Balaban J connectivity index is 1.95. The molecule has 0 aliphatic rings. The van der Waals surface area contributed by atoms with Gasteiger partial charge in [-0.2, -0.15) is 0 Å². The summed E-state index contributed by atoms with van der Waals surface area (Å²) in [4.78, 5) is 23.4. The summed E-state index contributed by atoms with van der Waals surface area (Å²) < 4.78 is 4.80. The quantitative estimate of drug-likeness (QED) is 0.517. The summed E-state index contributed by atoms with van der Waals surface area (Å²) >= 11 is 0. The van der Waals surface area contributed by atoms with Crippen LogP contribution in [0.4, 0.5) is 0 Å². The molecular formula is C20H24N2O4. The molecule has 3 N–H and O–H groups in total. The lowest BCUT2D eigenvalue weighted by Gasteiger charge is -2.24. The van der Waals surface area contributed by atoms with Crippen LogP contribution in [-0.2, 0) is 19.9 Å². The molecule has 2 amide bonds. The van der Waals surface area contributed by atoms with Crippen LogP contribution in [0, 0.1) is 0 Å². The summed E-state index contributed by atoms with van der Waals surface area (Å²) in [5.41, 5.74) is 1.47. The number of aliphatic hydroxyl groups is 1. The van der Waals surface area contributed by atoms with Crippen molar-refractivity contribution in [3.63, 3.8) is 0 Å². The van der Waals surface area contributed by atoms with Gasteiger partial charge < -0.3 is 20.5 Å². The van der Waals surface area contributed by atoms with Gasteiger partial charge in [0.15, 0.2) is 0 Å². The van der Waals surface area contributed by atoms with Crippen LogP contribution >= 0.6 is 0 Å². The van der Waals surface area contributed by atoms with E-state index in [-0.39, 0.29) is 13.1 Å². The molecule has 138 valence electrons. The number of nitrogens with one attached hydrogen (secondary N) is 2. The number of hydrogen-bond acceptors (Lipinski definition) is 4. The number of methoxy groups -OCH3 is 1. The van der Waals surface area contributed by atoms with Crippen LogP contribution in [0.15, 0.2) is 54.6 Å². The number of amides is 2. The monoisotopic (exact) mass is 356 g/mol. The van der Waals surface area contributed by atoms with E-state index in [0.717, 1.165) is 11.1 Å². The molecule has 0 heterocycles. The lowest BCUT2D eigenvalue weighted by Crippen LogP contribution is -2.45. The van der Waals surface area contributed by atoms with E-state index in [1.54, 1.807) is 6.92 Å². The SMILES string of the molecule is COCCNC(=O)C(=O)NCC(C)(O)c1ccc(-c2ccccc2)cc1. The van der Waals surface area contributed by atoms with Crippen LogP contribution in [0.5, 0.6) is 0 Å². The van der Waals surface area contributed by atoms with E-state index in [9.17, 15) is 14.7 Å². The first-order chi connectivity index (χ1) is 12.4. The molecule has 26 heavy (non-hydrogen) atoms. The van der Waals surface area contributed by atoms with E-state index in [1.807, 2.05) is 54.6 Å². The number of ether oxygens (including phenoxy) is 1. The molecule has 0 spiro atoms. The average Bonchev–Trinajstić information content (AvgIpc) is 2.67. The summed E-state index contributed by atoms with van der Waals surface area (Å²) in [7, 11) is 1.51. The summed E-state index contributed by atoms with van der Waals surface area (Å²) in [6.45, 7) is 2.09. The van der Waals surface area contributed by atoms with Crippen molar-refractivity contribution in [2.24, 2.45) is 0 Å². The maximum Gasteiger partial charge on any atom is 0.309 e. The lowest BCUT2D eigenvalue weighted by molar-refractivity contribution is -0.139. The fraction of sp³-hybridized carbons (Fsp3) is 0.300. The Bertz CT molecular complexity index is 727. The Hall–Kier alpha value is -2.70. The van der Waals surface area contributed by atoms with E-state index < -0.39 is 17.4 Å². The van der Waals surface area contributed by atoms with Crippen molar-refractivity contribution in [3.8, 4) is 11.1 Å². The molecule has 0 fully saturated rings. The molecule has 0 saturated carbocycles. The van der Waals surface area contributed by atoms with Gasteiger partial charge >= 0.3 is 11.8 Å². The molecule has 1 unspecified atom stereocenters. The first-order valence-electron chi connectivity index (χ1n) is 8.37. The number of benzene rings is 2. The zero-order chi connectivity index (χ0) is 19.0. The van der Waals surface area contributed by atoms with Crippen LogP contribution in [-0.4, -0.2) is 43.7 Å². The third-order valence-electron chi connectivity index (χ3n) is 4.01. The van der Waals surface area contributed by atoms with Crippen LogP contribution in [0.3, 0.4) is 0 Å². The third-order valence-corrected chi connectivity index (χ3v) is 4.01. The Labute approximate surface area is 153 Å². The number of rotatable bonds is 7. The predicted octanol–water partition coefficient (Wildman–Crippen LogP) is 1.44. The predicted molar refractivity (Wildman–Crippen MR) is 99.3 cm³/mol. The van der Waals surface area contributed by atoms with Crippen molar-refractivity contribution < 1.29 is 19.4 Å². The zero-order valence-corrected chi connectivity index (χ0v) is 15.0. The first kappa shape index (κ1) is 19.6. The molecule has 2 rings (SSSR count). The highest BCUT2D eigenvalue weighted by Gasteiger charge is 2.25. The minimum Gasteiger partial charge on any atom is -0.384 e. The number of hydrogen-bond donors (Lipinski definition) is 3. The van der Waals surface area contributed by atoms with Crippen LogP contribution in [0.2, 0.25) is 0 Å². The van der Waals surface area contributed by atoms with Gasteiger partial charge in [-0.05, 0) is 23.6 Å². The van der Waals surface area contributed by atoms with Crippen molar-refractivity contribution in [1.82, 2.24) is 10.6 Å². The van der Waals surface area contributed by atoms with Crippen LogP contribution in [0.25, 0.3) is 11.1 Å². The lowest BCUT2D eigenvalue weighted by atomic mass is 9.93. The highest BCUT2D eigenvalue weighted by molar-refractivity contribution is 6.35. The highest BCUT2D eigenvalue weighted by Crippen LogP contribution is 2.24. The topological polar surface area (TPSA) is 87.7 Å². The smallest absolute Gasteiger partial charge is 0.309 e. The van der Waals surface area contributed by atoms with Gasteiger partial charge in [0.2, 0.25) is 0 Å². The Kier molecular flexibility index (Phi) is 6.89. The van der Waals surface area contributed by atoms with Crippen molar-refractivity contribution >= 4 is 11.8 Å². The van der Waals surface area contributed by atoms with Gasteiger partial charge in [0.25, 0.3) is 0 Å². The van der Waals surface area contributed by atoms with E-state index in [1.165, 1.54) is 7.11 Å². The first-order valence-corrected chi connectivity index (χ1v) is 8.37. The van der Waals surface area contributed by atoms with Gasteiger partial charge in [-0.1, -0.05) is 54.6 Å². The Morgan fingerprint density at radius 2 is 1.54 bits per heavy atom. The largest absolute Gasteiger partial charge is 0.384 e. The Morgan fingerprint density at radius 1 is 0.962 bits per heavy atom. The zero-order valence-electron chi connectivity index (χ0n) is 15.0. The van der Waals surface area contributed by atoms with Crippen molar-refractivity contribution in [2.45, 2.75) is 12.5 Å². The number of carbonyl (C=O) groups excluding carboxylic acids is 2. The van der Waals surface area contributed by atoms with E-state index >= 15 is 0 Å². The Morgan fingerprint density at radius 3 is 2.15 bits per heavy atom. The maximum atomic E-state index is 11.8. The van der Waals surface area contributed by atoms with E-state index in [4.69, 9.17) is 4.74 Å². The molecule has 0 saturated heterocycles. The van der Waals surface area contributed by atoms with Gasteiger partial charge in [0, 0.05) is 13.7 Å². The van der Waals surface area contributed by atoms with Crippen molar-refractivity contribution in [2.75, 3.05) is 26.8 Å². The minimum atomic E-state index is -1.29.